The fourth-order valence-electron chi connectivity index (χ4n) is 4.43. The van der Waals surface area contributed by atoms with Gasteiger partial charge in [0.2, 0.25) is 17.7 Å². The van der Waals surface area contributed by atoms with Crippen LogP contribution in [-0.2, 0) is 32.0 Å². The van der Waals surface area contributed by atoms with Crippen LogP contribution >= 0.6 is 0 Å². The fraction of sp³-hybridized carbons (Fsp3) is 0.379. The second-order valence-corrected chi connectivity index (χ2v) is 10.4. The smallest absolute Gasteiger partial charge is 0.326 e. The third-order valence-electron chi connectivity index (χ3n) is 6.60. The highest BCUT2D eigenvalue weighted by molar-refractivity contribution is 5.95. The summed E-state index contributed by atoms with van der Waals surface area (Å²) in [6.07, 6.45) is 2.09. The van der Waals surface area contributed by atoms with Crippen LogP contribution in [0.25, 0.3) is 10.9 Å². The number of nitrogens with one attached hydrogen (secondary N) is 4. The van der Waals surface area contributed by atoms with Gasteiger partial charge in [-0.25, -0.2) is 4.79 Å². The molecule has 0 bridgehead atoms. The van der Waals surface area contributed by atoms with Crippen LogP contribution < -0.4 is 21.7 Å². The first-order valence-corrected chi connectivity index (χ1v) is 13.3. The molecule has 0 fully saturated rings. The Morgan fingerprint density at radius 1 is 0.854 bits per heavy atom. The molecular weight excluding hydrogens is 530 g/mol. The minimum Gasteiger partial charge on any atom is -0.508 e. The molecule has 220 valence electrons. The molecule has 12 nitrogen and oxygen atoms in total. The van der Waals surface area contributed by atoms with E-state index in [0.717, 1.165) is 16.5 Å². The van der Waals surface area contributed by atoms with E-state index in [0.29, 0.717) is 12.0 Å². The fourth-order valence-corrected chi connectivity index (χ4v) is 4.43. The highest BCUT2D eigenvalue weighted by Gasteiger charge is 2.31. The zero-order chi connectivity index (χ0) is 30.1. The summed E-state index contributed by atoms with van der Waals surface area (Å²) in [5.74, 6) is -3.38. The molecule has 0 saturated carbocycles. The van der Waals surface area contributed by atoms with E-state index < -0.39 is 54.5 Å². The number of amides is 3. The van der Waals surface area contributed by atoms with E-state index >= 15 is 0 Å². The van der Waals surface area contributed by atoms with Gasteiger partial charge in [0.05, 0.1) is 12.6 Å². The van der Waals surface area contributed by atoms with Gasteiger partial charge in [0.1, 0.15) is 23.9 Å². The standard InChI is InChI=1S/C29H37N5O7/c1-16(2)11-21(30)26(37)32-23(13-18-14-31-22-6-4-3-5-20(18)22)27(38)34-25(15-35)28(39)33-24(29(40)41)12-17-7-9-19(36)10-8-17/h3-10,14,16,21,23-25,31,35-36H,11-13,15,30H2,1-2H3,(H,32,37)(H,33,39)(H,34,38)(H,40,41). The van der Waals surface area contributed by atoms with Crippen LogP contribution in [0.2, 0.25) is 0 Å². The van der Waals surface area contributed by atoms with E-state index in [1.165, 1.54) is 24.3 Å². The molecule has 2 aromatic carbocycles. The van der Waals surface area contributed by atoms with Gasteiger partial charge in [0.25, 0.3) is 0 Å². The summed E-state index contributed by atoms with van der Waals surface area (Å²) in [7, 11) is 0. The van der Waals surface area contributed by atoms with E-state index in [2.05, 4.69) is 20.9 Å². The number of aliphatic hydroxyl groups excluding tert-OH is 1. The number of nitrogens with two attached hydrogens (primary N) is 1. The number of hydrogen-bond donors (Lipinski definition) is 8. The monoisotopic (exact) mass is 567 g/mol. The van der Waals surface area contributed by atoms with Gasteiger partial charge in [-0.3, -0.25) is 14.4 Å². The Kier molecular flexibility index (Phi) is 10.8. The SMILES string of the molecule is CC(C)CC(N)C(=O)NC(Cc1c[nH]c2ccccc12)C(=O)NC(CO)C(=O)NC(Cc1ccc(O)cc1)C(=O)O. The maximum absolute atomic E-state index is 13.4. The van der Waals surface area contributed by atoms with Crippen LogP contribution in [0.1, 0.15) is 31.4 Å². The predicted octanol–water partition coefficient (Wildman–Crippen LogP) is 0.563. The molecule has 1 heterocycles. The highest BCUT2D eigenvalue weighted by atomic mass is 16.4. The first-order chi connectivity index (χ1) is 19.5. The number of carboxylic acid groups (broad SMARTS) is 1. The number of carbonyl (C=O) groups excluding carboxylic acids is 3. The van der Waals surface area contributed by atoms with Gasteiger partial charge in [0.15, 0.2) is 0 Å². The Morgan fingerprint density at radius 3 is 2.10 bits per heavy atom. The molecule has 3 aromatic rings. The number of aromatic amines is 1. The van der Waals surface area contributed by atoms with Crippen LogP contribution in [0.4, 0.5) is 0 Å². The Balaban J connectivity index is 1.76. The minimum atomic E-state index is -1.49. The average Bonchev–Trinajstić information content (AvgIpc) is 3.34. The van der Waals surface area contributed by atoms with E-state index in [1.54, 1.807) is 6.20 Å². The molecule has 41 heavy (non-hydrogen) atoms. The largest absolute Gasteiger partial charge is 0.508 e. The molecule has 0 radical (unpaired) electrons. The number of rotatable bonds is 14. The molecule has 3 rings (SSSR count). The number of benzene rings is 2. The zero-order valence-electron chi connectivity index (χ0n) is 23.0. The van der Waals surface area contributed by atoms with Gasteiger partial charge in [-0.05, 0) is 41.7 Å². The quantitative estimate of drug-likeness (QED) is 0.138. The van der Waals surface area contributed by atoms with Gasteiger partial charge < -0.3 is 42.0 Å². The topological polar surface area (TPSA) is 207 Å². The summed E-state index contributed by atoms with van der Waals surface area (Å²) in [6, 6.07) is 8.39. The highest BCUT2D eigenvalue weighted by Crippen LogP contribution is 2.19. The lowest BCUT2D eigenvalue weighted by atomic mass is 10.0. The average molecular weight is 568 g/mol. The summed E-state index contributed by atoms with van der Waals surface area (Å²) in [6.45, 7) is 3.02. The number of phenols is 1. The molecule has 0 spiro atoms. The summed E-state index contributed by atoms with van der Waals surface area (Å²) >= 11 is 0. The van der Waals surface area contributed by atoms with Crippen LogP contribution in [0.3, 0.4) is 0 Å². The molecular formula is C29H37N5O7. The van der Waals surface area contributed by atoms with E-state index in [4.69, 9.17) is 5.73 Å². The lowest BCUT2D eigenvalue weighted by molar-refractivity contribution is -0.142. The number of aromatic hydroxyl groups is 1. The summed E-state index contributed by atoms with van der Waals surface area (Å²) < 4.78 is 0. The van der Waals surface area contributed by atoms with Gasteiger partial charge in [-0.1, -0.05) is 44.2 Å². The number of aromatic nitrogens is 1. The van der Waals surface area contributed by atoms with Crippen molar-refractivity contribution in [2.24, 2.45) is 11.7 Å². The Bertz CT molecular complexity index is 1360. The van der Waals surface area contributed by atoms with Crippen LogP contribution in [-0.4, -0.2) is 74.8 Å². The molecule has 0 aliphatic rings. The van der Waals surface area contributed by atoms with Crippen molar-refractivity contribution in [3.8, 4) is 5.75 Å². The van der Waals surface area contributed by atoms with Crippen LogP contribution in [0.5, 0.6) is 5.75 Å². The first-order valence-electron chi connectivity index (χ1n) is 13.3. The summed E-state index contributed by atoms with van der Waals surface area (Å²) in [4.78, 5) is 54.1. The van der Waals surface area contributed by atoms with E-state index in [1.807, 2.05) is 38.1 Å². The normalized spacial score (nSPS) is 14.2. The molecule has 9 N–H and O–H groups in total. The van der Waals surface area contributed by atoms with Crippen molar-refractivity contribution in [2.75, 3.05) is 6.61 Å². The third kappa shape index (κ3) is 8.78. The summed E-state index contributed by atoms with van der Waals surface area (Å²) in [5, 5.41) is 37.3. The number of H-pyrrole nitrogens is 1. The van der Waals surface area contributed by atoms with E-state index in [-0.39, 0.29) is 24.5 Å². The second kappa shape index (κ2) is 14.3. The number of carboxylic acids is 1. The van der Waals surface area contributed by atoms with Crippen LogP contribution in [0.15, 0.2) is 54.7 Å². The number of aliphatic carboxylic acids is 1. The molecule has 0 saturated heterocycles. The molecule has 3 amide bonds. The van der Waals surface area contributed by atoms with Crippen molar-refractivity contribution in [3.63, 3.8) is 0 Å². The lowest BCUT2D eigenvalue weighted by Crippen LogP contribution is -2.58. The minimum absolute atomic E-state index is 0.00663. The van der Waals surface area contributed by atoms with Crippen molar-refractivity contribution < 1.29 is 34.5 Å². The maximum Gasteiger partial charge on any atom is 0.326 e. The summed E-state index contributed by atoms with van der Waals surface area (Å²) in [5.41, 5.74) is 8.16. The Hall–Kier alpha value is -4.42. The van der Waals surface area contributed by atoms with Gasteiger partial charge in [0, 0.05) is 29.9 Å². The first kappa shape index (κ1) is 31.1. The van der Waals surface area contributed by atoms with Crippen LogP contribution in [0, 0.1) is 5.92 Å². The van der Waals surface area contributed by atoms with Crippen molar-refractivity contribution in [1.29, 1.82) is 0 Å². The lowest BCUT2D eigenvalue weighted by Gasteiger charge is -2.24. The Labute approximate surface area is 237 Å². The molecule has 4 unspecified atom stereocenters. The maximum atomic E-state index is 13.4. The van der Waals surface area contributed by atoms with Crippen molar-refractivity contribution in [1.82, 2.24) is 20.9 Å². The zero-order valence-corrected chi connectivity index (χ0v) is 23.0. The Morgan fingerprint density at radius 2 is 1.46 bits per heavy atom. The van der Waals surface area contributed by atoms with E-state index in [9.17, 15) is 34.5 Å². The van der Waals surface area contributed by atoms with Crippen molar-refractivity contribution >= 4 is 34.6 Å². The van der Waals surface area contributed by atoms with Crippen molar-refractivity contribution in [2.45, 2.75) is 57.3 Å². The number of phenolic OH excluding ortho intramolecular Hbond substituents is 1. The number of hydrogen-bond acceptors (Lipinski definition) is 7. The molecule has 0 aliphatic heterocycles. The second-order valence-electron chi connectivity index (χ2n) is 10.4. The number of aliphatic hydroxyl groups is 1. The van der Waals surface area contributed by atoms with Gasteiger partial charge in [-0.2, -0.15) is 0 Å². The third-order valence-corrected chi connectivity index (χ3v) is 6.60. The van der Waals surface area contributed by atoms with Crippen molar-refractivity contribution in [3.05, 3.63) is 65.9 Å². The number of fused-ring (bicyclic) bond motifs is 1. The predicted molar refractivity (Wildman–Crippen MR) is 152 cm³/mol. The molecule has 12 heteroatoms. The van der Waals surface area contributed by atoms with Gasteiger partial charge in [-0.15, -0.1) is 0 Å². The molecule has 1 aromatic heterocycles. The number of carbonyl (C=O) groups is 4. The molecule has 4 atom stereocenters. The number of para-hydroxylation sites is 1. The molecule has 0 aliphatic carbocycles. The van der Waals surface area contributed by atoms with Gasteiger partial charge >= 0.3 is 5.97 Å².